The molecule has 0 spiro atoms. The fourth-order valence-corrected chi connectivity index (χ4v) is 0.780. The second-order valence-electron chi connectivity index (χ2n) is 3.00. The smallest absolute Gasteiger partial charge is 0.333 e. The van der Waals surface area contributed by atoms with Gasteiger partial charge in [0, 0.05) is 5.57 Å². The summed E-state index contributed by atoms with van der Waals surface area (Å²) in [5.74, 6) is -0.537. The van der Waals surface area contributed by atoms with Crippen molar-refractivity contribution in [1.29, 1.82) is 0 Å². The van der Waals surface area contributed by atoms with Gasteiger partial charge >= 0.3 is 5.97 Å². The van der Waals surface area contributed by atoms with E-state index in [0.717, 1.165) is 0 Å². The zero-order valence-electron chi connectivity index (χ0n) is 9.35. The molecule has 0 aromatic rings. The number of carbonyl (C=O) groups excluding carboxylic acids is 1. The predicted octanol–water partition coefficient (Wildman–Crippen LogP) is -0.550. The minimum atomic E-state index is -0.789. The van der Waals surface area contributed by atoms with Crippen LogP contribution in [0.4, 0.5) is 0 Å². The molecule has 0 heterocycles. The maximum atomic E-state index is 11.1. The lowest BCUT2D eigenvalue weighted by atomic mass is 10.4. The minimum Gasteiger partial charge on any atom is -0.457 e. The van der Waals surface area contributed by atoms with E-state index in [1.807, 2.05) is 0 Å². The predicted molar refractivity (Wildman–Crippen MR) is 55.6 cm³/mol. The average molecular weight is 234 g/mol. The maximum Gasteiger partial charge on any atom is 0.333 e. The van der Waals surface area contributed by atoms with Gasteiger partial charge in [-0.15, -0.1) is 0 Å². The van der Waals surface area contributed by atoms with Crippen LogP contribution in [0.25, 0.3) is 0 Å². The topological polar surface area (TPSA) is 85.2 Å². The molecule has 0 fully saturated rings. The highest BCUT2D eigenvalue weighted by Gasteiger charge is 2.12. The molecule has 0 aliphatic heterocycles. The number of ether oxygens (including phenoxy) is 3. The van der Waals surface area contributed by atoms with Crippen molar-refractivity contribution in [1.82, 2.24) is 0 Å². The van der Waals surface area contributed by atoms with Crippen molar-refractivity contribution in [3.63, 3.8) is 0 Å². The fraction of sp³-hybridized carbons (Fsp3) is 0.700. The van der Waals surface area contributed by atoms with E-state index in [9.17, 15) is 4.79 Å². The van der Waals surface area contributed by atoms with Gasteiger partial charge in [-0.2, -0.15) is 0 Å². The van der Waals surface area contributed by atoms with Crippen molar-refractivity contribution in [3.8, 4) is 0 Å². The van der Waals surface area contributed by atoms with Gasteiger partial charge in [0.05, 0.1) is 26.4 Å². The lowest BCUT2D eigenvalue weighted by Gasteiger charge is -2.17. The van der Waals surface area contributed by atoms with Crippen LogP contribution in [0.3, 0.4) is 0 Å². The van der Waals surface area contributed by atoms with Gasteiger partial charge in [-0.25, -0.2) is 4.79 Å². The van der Waals surface area contributed by atoms with Crippen molar-refractivity contribution in [2.45, 2.75) is 13.2 Å². The number of rotatable bonds is 9. The summed E-state index contributed by atoms with van der Waals surface area (Å²) in [6.07, 6.45) is -0.789. The average Bonchev–Trinajstić information content (AvgIpc) is 2.27. The highest BCUT2D eigenvalue weighted by Crippen LogP contribution is 1.99. The van der Waals surface area contributed by atoms with Crippen LogP contribution < -0.4 is 0 Å². The van der Waals surface area contributed by atoms with Gasteiger partial charge in [-0.1, -0.05) is 6.58 Å². The molecule has 94 valence electrons. The Balaban J connectivity index is 3.89. The van der Waals surface area contributed by atoms with E-state index in [2.05, 4.69) is 6.58 Å². The van der Waals surface area contributed by atoms with E-state index in [1.54, 1.807) is 0 Å². The molecule has 0 saturated carbocycles. The second kappa shape index (κ2) is 9.29. The molecule has 0 aromatic carbocycles. The van der Waals surface area contributed by atoms with E-state index in [-0.39, 0.29) is 38.6 Å². The quantitative estimate of drug-likeness (QED) is 0.316. The molecule has 6 nitrogen and oxygen atoms in total. The summed E-state index contributed by atoms with van der Waals surface area (Å²) in [5.41, 5.74) is 0.281. The Hall–Kier alpha value is -0.950. The van der Waals surface area contributed by atoms with Crippen LogP contribution in [0.15, 0.2) is 12.2 Å². The third-order valence-electron chi connectivity index (χ3n) is 1.49. The summed E-state index contributed by atoms with van der Waals surface area (Å²) in [6, 6.07) is 0. The van der Waals surface area contributed by atoms with E-state index in [0.29, 0.717) is 0 Å². The van der Waals surface area contributed by atoms with Crippen molar-refractivity contribution >= 4 is 5.97 Å². The molecule has 0 atom stereocenters. The summed E-state index contributed by atoms with van der Waals surface area (Å²) in [4.78, 5) is 11.1. The van der Waals surface area contributed by atoms with Crippen molar-refractivity contribution in [2.75, 3.05) is 33.0 Å². The van der Waals surface area contributed by atoms with Crippen LogP contribution in [-0.2, 0) is 19.0 Å². The highest BCUT2D eigenvalue weighted by atomic mass is 16.7. The zero-order valence-corrected chi connectivity index (χ0v) is 9.35. The lowest BCUT2D eigenvalue weighted by Crippen LogP contribution is -2.27. The molecule has 0 saturated heterocycles. The van der Waals surface area contributed by atoms with Crippen LogP contribution in [0, 0.1) is 0 Å². The molecule has 16 heavy (non-hydrogen) atoms. The fourth-order valence-electron chi connectivity index (χ4n) is 0.780. The summed E-state index contributed by atoms with van der Waals surface area (Å²) in [7, 11) is 0. The lowest BCUT2D eigenvalue weighted by molar-refractivity contribution is -0.185. The van der Waals surface area contributed by atoms with Gasteiger partial charge in [0.2, 0.25) is 0 Å². The summed E-state index contributed by atoms with van der Waals surface area (Å²) < 4.78 is 14.9. The van der Waals surface area contributed by atoms with E-state index < -0.39 is 12.3 Å². The maximum absolute atomic E-state index is 11.1. The number of esters is 1. The molecule has 0 aromatic heterocycles. The molecular weight excluding hydrogens is 216 g/mol. The first-order valence-corrected chi connectivity index (χ1v) is 4.89. The Morgan fingerprint density at radius 1 is 1.25 bits per heavy atom. The summed E-state index contributed by atoms with van der Waals surface area (Å²) >= 11 is 0. The van der Waals surface area contributed by atoms with Crippen molar-refractivity contribution < 1.29 is 29.2 Å². The standard InChI is InChI=1S/C10H18O6/c1-8(2)10(13)16-7-9(14-5-3-11)15-6-4-12/h9,11-12H,1,3-7H2,2H3. The van der Waals surface area contributed by atoms with Gasteiger partial charge < -0.3 is 24.4 Å². The molecule has 0 aliphatic carbocycles. The monoisotopic (exact) mass is 234 g/mol. The molecule has 0 bridgehead atoms. The van der Waals surface area contributed by atoms with Crippen LogP contribution in [0.1, 0.15) is 6.92 Å². The van der Waals surface area contributed by atoms with Crippen LogP contribution in [0.5, 0.6) is 0 Å². The Bertz CT molecular complexity index is 207. The third kappa shape index (κ3) is 7.36. The first kappa shape index (κ1) is 15.0. The number of carbonyl (C=O) groups is 1. The van der Waals surface area contributed by atoms with E-state index in [1.165, 1.54) is 6.92 Å². The van der Waals surface area contributed by atoms with Gasteiger partial charge in [0.15, 0.2) is 6.29 Å². The molecule has 6 heteroatoms. The van der Waals surface area contributed by atoms with Crippen LogP contribution in [-0.4, -0.2) is 55.5 Å². The van der Waals surface area contributed by atoms with E-state index in [4.69, 9.17) is 24.4 Å². The van der Waals surface area contributed by atoms with Gasteiger partial charge in [0.1, 0.15) is 6.61 Å². The molecule has 0 amide bonds. The SMILES string of the molecule is C=C(C)C(=O)OCC(OCCO)OCCO. The molecule has 0 radical (unpaired) electrons. The van der Waals surface area contributed by atoms with E-state index >= 15 is 0 Å². The zero-order chi connectivity index (χ0) is 12.4. The highest BCUT2D eigenvalue weighted by molar-refractivity contribution is 5.86. The molecule has 0 aliphatic rings. The minimum absolute atomic E-state index is 0.0702. The van der Waals surface area contributed by atoms with Crippen LogP contribution >= 0.6 is 0 Å². The van der Waals surface area contributed by atoms with Crippen molar-refractivity contribution in [2.24, 2.45) is 0 Å². The molecule has 2 N–H and O–H groups in total. The first-order valence-electron chi connectivity index (χ1n) is 4.89. The Labute approximate surface area is 94.4 Å². The molecule has 0 unspecified atom stereocenters. The van der Waals surface area contributed by atoms with Gasteiger partial charge in [-0.3, -0.25) is 0 Å². The first-order chi connectivity index (χ1) is 7.61. The largest absolute Gasteiger partial charge is 0.457 e. The van der Waals surface area contributed by atoms with Gasteiger partial charge in [0.25, 0.3) is 0 Å². The summed E-state index contributed by atoms with van der Waals surface area (Å²) in [6.45, 7) is 4.67. The molecule has 0 rings (SSSR count). The Morgan fingerprint density at radius 2 is 1.75 bits per heavy atom. The Kier molecular flexibility index (Phi) is 8.74. The number of hydrogen-bond donors (Lipinski definition) is 2. The normalized spacial score (nSPS) is 10.5. The molecular formula is C10H18O6. The number of aliphatic hydroxyl groups is 2. The summed E-state index contributed by atoms with van der Waals surface area (Å²) in [5, 5.41) is 17.1. The van der Waals surface area contributed by atoms with Crippen LogP contribution in [0.2, 0.25) is 0 Å². The third-order valence-corrected chi connectivity index (χ3v) is 1.49. The van der Waals surface area contributed by atoms with Crippen molar-refractivity contribution in [3.05, 3.63) is 12.2 Å². The second-order valence-corrected chi connectivity index (χ2v) is 3.00. The number of aliphatic hydroxyl groups excluding tert-OH is 2. The Morgan fingerprint density at radius 3 is 2.12 bits per heavy atom. The van der Waals surface area contributed by atoms with Gasteiger partial charge in [-0.05, 0) is 6.92 Å². The number of hydrogen-bond acceptors (Lipinski definition) is 6.